The summed E-state index contributed by atoms with van der Waals surface area (Å²) < 4.78 is 5.16. The molecule has 0 aromatic heterocycles. The third-order valence-corrected chi connectivity index (χ3v) is 4.05. The van der Waals surface area contributed by atoms with E-state index >= 15 is 0 Å². The normalized spacial score (nSPS) is 12.6. The Labute approximate surface area is 170 Å². The maximum absolute atomic E-state index is 12.7. The molecule has 0 saturated carbocycles. The zero-order chi connectivity index (χ0) is 21.8. The molecule has 0 spiro atoms. The number of aliphatic carboxylic acids is 1. The Kier molecular flexibility index (Phi) is 10.2. The molecule has 1 rings (SSSR count). The fraction of sp³-hybridized carbons (Fsp3) is 0.500. The van der Waals surface area contributed by atoms with E-state index in [9.17, 15) is 19.2 Å². The quantitative estimate of drug-likeness (QED) is 0.438. The maximum Gasteiger partial charge on any atom is 0.408 e. The number of rotatable bonds is 11. The molecule has 0 aliphatic heterocycles. The van der Waals surface area contributed by atoms with Gasteiger partial charge in [-0.1, -0.05) is 44.2 Å². The topological polar surface area (TPSA) is 134 Å². The number of amides is 3. The molecule has 0 aliphatic rings. The number of carbonyl (C=O) groups is 4. The van der Waals surface area contributed by atoms with Crippen molar-refractivity contribution < 1.29 is 29.0 Å². The molecule has 9 nitrogen and oxygen atoms in total. The average Bonchev–Trinajstić information content (AvgIpc) is 2.68. The van der Waals surface area contributed by atoms with Gasteiger partial charge >= 0.3 is 12.1 Å². The molecule has 0 radical (unpaired) electrons. The predicted octanol–water partition coefficient (Wildman–Crippen LogP) is 1.42. The molecule has 1 aromatic carbocycles. The molecule has 0 aliphatic carbocycles. The van der Waals surface area contributed by atoms with Crippen molar-refractivity contribution >= 4 is 23.9 Å². The van der Waals surface area contributed by atoms with E-state index in [1.165, 1.54) is 7.05 Å². The van der Waals surface area contributed by atoms with Crippen LogP contribution in [0.5, 0.6) is 0 Å². The van der Waals surface area contributed by atoms with Gasteiger partial charge in [-0.25, -0.2) is 4.79 Å². The van der Waals surface area contributed by atoms with Gasteiger partial charge in [0, 0.05) is 13.5 Å². The molecule has 0 bridgehead atoms. The first kappa shape index (κ1) is 23.9. The lowest BCUT2D eigenvalue weighted by atomic mass is 10.0. The smallest absolute Gasteiger partial charge is 0.408 e. The van der Waals surface area contributed by atoms with Crippen LogP contribution in [0.2, 0.25) is 0 Å². The average molecular weight is 407 g/mol. The Hall–Kier alpha value is -3.10. The molecule has 2 atom stereocenters. The second kappa shape index (κ2) is 12.4. The summed E-state index contributed by atoms with van der Waals surface area (Å²) in [5.74, 6) is -2.07. The minimum atomic E-state index is -1.07. The first-order valence-electron chi connectivity index (χ1n) is 9.43. The molecule has 29 heavy (non-hydrogen) atoms. The molecular weight excluding hydrogens is 378 g/mol. The van der Waals surface area contributed by atoms with Crippen LogP contribution in [0.1, 0.15) is 38.7 Å². The van der Waals surface area contributed by atoms with Crippen LogP contribution in [0.15, 0.2) is 30.3 Å². The molecule has 9 heteroatoms. The summed E-state index contributed by atoms with van der Waals surface area (Å²) in [5, 5.41) is 16.3. The molecule has 4 N–H and O–H groups in total. The van der Waals surface area contributed by atoms with Crippen molar-refractivity contribution in [2.24, 2.45) is 5.92 Å². The highest BCUT2D eigenvalue weighted by Crippen LogP contribution is 2.08. The van der Waals surface area contributed by atoms with E-state index in [-0.39, 0.29) is 25.4 Å². The fourth-order valence-electron chi connectivity index (χ4n) is 2.59. The van der Waals surface area contributed by atoms with Crippen LogP contribution in [-0.4, -0.2) is 48.1 Å². The van der Waals surface area contributed by atoms with Crippen molar-refractivity contribution in [3.63, 3.8) is 0 Å². The maximum atomic E-state index is 12.7. The molecule has 160 valence electrons. The van der Waals surface area contributed by atoms with E-state index in [2.05, 4.69) is 16.0 Å². The van der Waals surface area contributed by atoms with Crippen LogP contribution in [0.4, 0.5) is 4.79 Å². The van der Waals surface area contributed by atoms with Crippen molar-refractivity contribution in [1.82, 2.24) is 16.0 Å². The third kappa shape index (κ3) is 9.59. The number of ether oxygens (including phenoxy) is 1. The fourth-order valence-corrected chi connectivity index (χ4v) is 2.59. The van der Waals surface area contributed by atoms with E-state index in [4.69, 9.17) is 9.84 Å². The van der Waals surface area contributed by atoms with Crippen LogP contribution in [0, 0.1) is 5.92 Å². The van der Waals surface area contributed by atoms with Crippen LogP contribution in [0.25, 0.3) is 0 Å². The number of likely N-dealkylation sites (N-methyl/N-ethyl adjacent to an activating group) is 1. The second-order valence-corrected chi connectivity index (χ2v) is 7.00. The Morgan fingerprint density at radius 1 is 1.00 bits per heavy atom. The lowest BCUT2D eigenvalue weighted by Gasteiger charge is -2.23. The Morgan fingerprint density at radius 3 is 2.21 bits per heavy atom. The van der Waals surface area contributed by atoms with Gasteiger partial charge in [0.25, 0.3) is 0 Å². The third-order valence-electron chi connectivity index (χ3n) is 4.05. The standard InChI is InChI=1S/C20H29N3O6/c1-13(2)11-16(23-20(28)29-12-14-7-5-4-6-8-14)19(27)22-15(18(26)21-3)9-10-17(24)25/h4-8,13,15-16H,9-12H2,1-3H3,(H,21,26)(H,22,27)(H,23,28)(H,24,25)/t15-,16-/m0/s1. The number of carboxylic acid groups (broad SMARTS) is 1. The van der Waals surface area contributed by atoms with E-state index in [0.29, 0.717) is 6.42 Å². The summed E-state index contributed by atoms with van der Waals surface area (Å²) in [5.41, 5.74) is 0.806. The van der Waals surface area contributed by atoms with Gasteiger partial charge in [0.05, 0.1) is 0 Å². The molecular formula is C20H29N3O6. The monoisotopic (exact) mass is 407 g/mol. The predicted molar refractivity (Wildman–Crippen MR) is 106 cm³/mol. The van der Waals surface area contributed by atoms with Crippen LogP contribution in [0.3, 0.4) is 0 Å². The molecule has 3 amide bonds. The summed E-state index contributed by atoms with van der Waals surface area (Å²) in [4.78, 5) is 47.5. The van der Waals surface area contributed by atoms with E-state index in [1.807, 2.05) is 44.2 Å². The number of benzene rings is 1. The first-order valence-corrected chi connectivity index (χ1v) is 9.43. The largest absolute Gasteiger partial charge is 0.481 e. The van der Waals surface area contributed by atoms with Crippen molar-refractivity contribution in [3.05, 3.63) is 35.9 Å². The lowest BCUT2D eigenvalue weighted by molar-refractivity contribution is -0.138. The molecule has 0 heterocycles. The minimum absolute atomic E-state index is 0.0577. The van der Waals surface area contributed by atoms with E-state index in [1.54, 1.807) is 0 Å². The first-order chi connectivity index (χ1) is 13.7. The van der Waals surface area contributed by atoms with Crippen molar-refractivity contribution in [1.29, 1.82) is 0 Å². The SMILES string of the molecule is CNC(=O)[C@H](CCC(=O)O)NC(=O)[C@H](CC(C)C)NC(=O)OCc1ccccc1. The van der Waals surface area contributed by atoms with Gasteiger partial charge in [-0.3, -0.25) is 14.4 Å². The van der Waals surface area contributed by atoms with Gasteiger partial charge in [0.15, 0.2) is 0 Å². The lowest BCUT2D eigenvalue weighted by Crippen LogP contribution is -2.53. The zero-order valence-corrected chi connectivity index (χ0v) is 16.9. The minimum Gasteiger partial charge on any atom is -0.481 e. The van der Waals surface area contributed by atoms with Crippen molar-refractivity contribution in [2.45, 2.75) is 51.8 Å². The molecule has 0 fully saturated rings. The van der Waals surface area contributed by atoms with E-state index < -0.39 is 36.0 Å². The van der Waals surface area contributed by atoms with Gasteiger partial charge in [-0.2, -0.15) is 0 Å². The number of alkyl carbamates (subject to hydrolysis) is 1. The van der Waals surface area contributed by atoms with Gasteiger partial charge in [-0.05, 0) is 24.3 Å². The Morgan fingerprint density at radius 2 is 1.66 bits per heavy atom. The van der Waals surface area contributed by atoms with Gasteiger partial charge in [0.2, 0.25) is 11.8 Å². The van der Waals surface area contributed by atoms with Gasteiger partial charge in [-0.15, -0.1) is 0 Å². The zero-order valence-electron chi connectivity index (χ0n) is 16.9. The van der Waals surface area contributed by atoms with Crippen molar-refractivity contribution in [2.75, 3.05) is 7.05 Å². The highest BCUT2D eigenvalue weighted by Gasteiger charge is 2.27. The van der Waals surface area contributed by atoms with Gasteiger partial charge in [0.1, 0.15) is 18.7 Å². The number of carbonyl (C=O) groups excluding carboxylic acids is 3. The summed E-state index contributed by atoms with van der Waals surface area (Å²) >= 11 is 0. The number of hydrogen-bond donors (Lipinski definition) is 4. The summed E-state index contributed by atoms with van der Waals surface area (Å²) in [6.07, 6.45) is -0.768. The Balaban J connectivity index is 2.72. The summed E-state index contributed by atoms with van der Waals surface area (Å²) in [6.45, 7) is 3.83. The van der Waals surface area contributed by atoms with E-state index in [0.717, 1.165) is 5.56 Å². The highest BCUT2D eigenvalue weighted by molar-refractivity contribution is 5.91. The summed E-state index contributed by atoms with van der Waals surface area (Å²) in [6, 6.07) is 7.17. The number of nitrogens with one attached hydrogen (secondary N) is 3. The second-order valence-electron chi connectivity index (χ2n) is 7.00. The van der Waals surface area contributed by atoms with Gasteiger partial charge < -0.3 is 25.8 Å². The summed E-state index contributed by atoms with van der Waals surface area (Å²) in [7, 11) is 1.40. The van der Waals surface area contributed by atoms with Crippen LogP contribution < -0.4 is 16.0 Å². The highest BCUT2D eigenvalue weighted by atomic mass is 16.5. The molecule has 0 unspecified atom stereocenters. The number of carboxylic acids is 1. The van der Waals surface area contributed by atoms with Crippen molar-refractivity contribution in [3.8, 4) is 0 Å². The Bertz CT molecular complexity index is 693. The number of hydrogen-bond acceptors (Lipinski definition) is 5. The molecule has 0 saturated heterocycles. The van der Waals surface area contributed by atoms with Crippen LogP contribution >= 0.6 is 0 Å². The van der Waals surface area contributed by atoms with Crippen LogP contribution in [-0.2, 0) is 25.7 Å². The molecule has 1 aromatic rings.